The highest BCUT2D eigenvalue weighted by Gasteiger charge is 2.19. The van der Waals surface area contributed by atoms with Crippen LogP contribution in [0.15, 0.2) is 18.2 Å². The number of ether oxygens (including phenoxy) is 2. The zero-order valence-electron chi connectivity index (χ0n) is 22.0. The first kappa shape index (κ1) is 27.7. The van der Waals surface area contributed by atoms with E-state index in [9.17, 15) is 4.79 Å². The van der Waals surface area contributed by atoms with Gasteiger partial charge in [-0.1, -0.05) is 12.1 Å². The Morgan fingerprint density at radius 1 is 1.31 bits per heavy atom. The number of nitrogen functional groups attached to an aromatic ring is 1. The summed E-state index contributed by atoms with van der Waals surface area (Å²) in [7, 11) is 3.75. The van der Waals surface area contributed by atoms with Crippen molar-refractivity contribution in [1.82, 2.24) is 14.9 Å². The molecule has 0 radical (unpaired) electrons. The van der Waals surface area contributed by atoms with Crippen LogP contribution in [-0.4, -0.2) is 72.4 Å². The normalized spacial score (nSPS) is 15.5. The van der Waals surface area contributed by atoms with E-state index in [1.807, 2.05) is 32.0 Å². The van der Waals surface area contributed by atoms with Gasteiger partial charge in [-0.2, -0.15) is 4.98 Å². The lowest BCUT2D eigenvalue weighted by molar-refractivity contribution is -0.144. The number of benzene rings is 1. The van der Waals surface area contributed by atoms with Crippen LogP contribution in [0.4, 0.5) is 11.8 Å². The van der Waals surface area contributed by atoms with Crippen molar-refractivity contribution in [3.8, 4) is 5.75 Å². The number of rotatable bonds is 12. The number of aliphatic hydroxyl groups is 1. The van der Waals surface area contributed by atoms with Crippen LogP contribution in [-0.2, 0) is 22.4 Å². The number of aromatic nitrogens is 2. The molecule has 2 heterocycles. The maximum atomic E-state index is 12.5. The van der Waals surface area contributed by atoms with E-state index in [4.69, 9.17) is 20.3 Å². The number of likely N-dealkylation sites (tertiary alicyclic amines) is 1. The molecule has 3 rings (SSSR count). The van der Waals surface area contributed by atoms with Gasteiger partial charge in [0.1, 0.15) is 11.6 Å². The highest BCUT2D eigenvalue weighted by atomic mass is 16.5. The molecule has 0 bridgehead atoms. The molecule has 0 amide bonds. The van der Waals surface area contributed by atoms with E-state index >= 15 is 0 Å². The number of anilines is 2. The monoisotopic (exact) mass is 499 g/mol. The Hall–Kier alpha value is -2.91. The van der Waals surface area contributed by atoms with Gasteiger partial charge in [0.15, 0.2) is 0 Å². The Morgan fingerprint density at radius 3 is 2.75 bits per heavy atom. The fraction of sp³-hybridized carbons (Fsp3) is 0.593. The highest BCUT2D eigenvalue weighted by Crippen LogP contribution is 2.28. The van der Waals surface area contributed by atoms with E-state index in [2.05, 4.69) is 27.2 Å². The topological polar surface area (TPSA) is 123 Å². The van der Waals surface area contributed by atoms with Gasteiger partial charge >= 0.3 is 5.97 Å². The molecule has 1 fully saturated rings. The number of nitrogens with one attached hydrogen (secondary N) is 1. The molecule has 1 aromatic carbocycles. The predicted molar refractivity (Wildman–Crippen MR) is 141 cm³/mol. The molecular weight excluding hydrogens is 458 g/mol. The molecule has 198 valence electrons. The summed E-state index contributed by atoms with van der Waals surface area (Å²) in [6.07, 6.45) is 4.41. The van der Waals surface area contributed by atoms with Gasteiger partial charge in [0.2, 0.25) is 5.95 Å². The number of carbonyl (C=O) groups excluding carboxylic acids is 1. The molecule has 0 spiro atoms. The van der Waals surface area contributed by atoms with Crippen LogP contribution in [0.3, 0.4) is 0 Å². The number of hydrogen-bond acceptors (Lipinski definition) is 9. The minimum atomic E-state index is -0.213. The Labute approximate surface area is 214 Å². The number of aryl methyl sites for hydroxylation is 1. The van der Waals surface area contributed by atoms with Crippen molar-refractivity contribution in [3.05, 3.63) is 40.6 Å². The summed E-state index contributed by atoms with van der Waals surface area (Å²) in [5.74, 6) is 1.84. The number of aliphatic hydroxyl groups excluding tert-OH is 1. The molecular formula is C27H41N5O4. The molecule has 1 aromatic heterocycles. The molecule has 0 unspecified atom stereocenters. The Morgan fingerprint density at radius 2 is 2.06 bits per heavy atom. The molecule has 1 aliphatic heterocycles. The van der Waals surface area contributed by atoms with Crippen LogP contribution < -0.4 is 15.8 Å². The van der Waals surface area contributed by atoms with Crippen LogP contribution in [0.2, 0.25) is 0 Å². The number of nitrogens with zero attached hydrogens (tertiary/aromatic N) is 3. The van der Waals surface area contributed by atoms with Crippen molar-refractivity contribution in [3.63, 3.8) is 0 Å². The third kappa shape index (κ3) is 8.06. The van der Waals surface area contributed by atoms with Crippen molar-refractivity contribution in [2.75, 3.05) is 51.5 Å². The predicted octanol–water partition coefficient (Wildman–Crippen LogP) is 2.97. The van der Waals surface area contributed by atoms with Crippen molar-refractivity contribution < 1.29 is 19.4 Å². The summed E-state index contributed by atoms with van der Waals surface area (Å²) >= 11 is 0. The summed E-state index contributed by atoms with van der Waals surface area (Å²) in [6, 6.07) is 5.94. The molecule has 0 saturated carbocycles. The van der Waals surface area contributed by atoms with E-state index in [-0.39, 0.29) is 31.0 Å². The molecule has 2 aromatic rings. The number of esters is 1. The zero-order valence-corrected chi connectivity index (χ0v) is 22.0. The Bertz CT molecular complexity index is 1010. The number of carbonyl (C=O) groups is 1. The maximum Gasteiger partial charge on any atom is 0.310 e. The van der Waals surface area contributed by atoms with Gasteiger partial charge in [0.05, 0.1) is 20.1 Å². The summed E-state index contributed by atoms with van der Waals surface area (Å²) in [5.41, 5.74) is 9.47. The lowest BCUT2D eigenvalue weighted by Gasteiger charge is -2.28. The van der Waals surface area contributed by atoms with Gasteiger partial charge in [-0.05, 0) is 82.8 Å². The number of nitrogens with two attached hydrogens (primary N) is 1. The summed E-state index contributed by atoms with van der Waals surface area (Å²) in [4.78, 5) is 23.6. The van der Waals surface area contributed by atoms with Crippen molar-refractivity contribution >= 4 is 17.7 Å². The fourth-order valence-corrected chi connectivity index (χ4v) is 4.54. The van der Waals surface area contributed by atoms with Gasteiger partial charge in [0.25, 0.3) is 0 Å². The zero-order chi connectivity index (χ0) is 26.1. The molecule has 4 N–H and O–H groups in total. The first-order chi connectivity index (χ1) is 17.3. The van der Waals surface area contributed by atoms with Gasteiger partial charge < -0.3 is 30.5 Å². The molecule has 9 heteroatoms. The van der Waals surface area contributed by atoms with Crippen molar-refractivity contribution in [2.24, 2.45) is 5.92 Å². The average Bonchev–Trinajstić information content (AvgIpc) is 2.85. The first-order valence-electron chi connectivity index (χ1n) is 12.8. The van der Waals surface area contributed by atoms with Gasteiger partial charge in [-0.3, -0.25) is 4.79 Å². The molecule has 9 nitrogen and oxygen atoms in total. The summed E-state index contributed by atoms with van der Waals surface area (Å²) in [5, 5.41) is 12.6. The molecule has 36 heavy (non-hydrogen) atoms. The first-order valence-corrected chi connectivity index (χ1v) is 12.8. The standard InChI is InChI=1S/C27H41N5O4/c1-18(6-5-13-33)29-26-23(19(2)30-27(28)31-26)16-22-8-7-21(14-24(22)35-4)15-25(34)36-17-20-9-11-32(3)12-10-20/h7-8,14,18,20,33H,5-6,9-13,15-17H2,1-4H3,(H3,28,29,30,31)/t18-/m0/s1. The highest BCUT2D eigenvalue weighted by molar-refractivity contribution is 5.73. The van der Waals surface area contributed by atoms with Gasteiger partial charge in [0, 0.05) is 30.3 Å². The Kier molecular flexibility index (Phi) is 10.3. The molecule has 1 atom stereocenters. The van der Waals surface area contributed by atoms with Gasteiger partial charge in [-0.25, -0.2) is 4.98 Å². The smallest absolute Gasteiger partial charge is 0.310 e. The second kappa shape index (κ2) is 13.4. The van der Waals surface area contributed by atoms with Crippen LogP contribution in [0.5, 0.6) is 5.75 Å². The minimum Gasteiger partial charge on any atom is -0.496 e. The van der Waals surface area contributed by atoms with E-state index < -0.39 is 0 Å². The third-order valence-electron chi connectivity index (χ3n) is 6.79. The molecule has 0 aliphatic carbocycles. The SMILES string of the molecule is COc1cc(CC(=O)OCC2CCN(C)CC2)ccc1Cc1c(C)nc(N)nc1N[C@@H](C)CCCO. The van der Waals surface area contributed by atoms with E-state index in [1.54, 1.807) is 7.11 Å². The van der Waals surface area contributed by atoms with E-state index in [0.29, 0.717) is 36.9 Å². The Balaban J connectivity index is 1.67. The quantitative estimate of drug-likeness (QED) is 0.378. The number of methoxy groups -OCH3 is 1. The molecule has 1 saturated heterocycles. The summed E-state index contributed by atoms with van der Waals surface area (Å²) < 4.78 is 11.2. The van der Waals surface area contributed by atoms with Crippen molar-refractivity contribution in [2.45, 2.75) is 58.4 Å². The lowest BCUT2D eigenvalue weighted by Crippen LogP contribution is -2.32. The van der Waals surface area contributed by atoms with Crippen LogP contribution >= 0.6 is 0 Å². The van der Waals surface area contributed by atoms with Crippen LogP contribution in [0.1, 0.15) is 55.0 Å². The second-order valence-electron chi connectivity index (χ2n) is 9.84. The number of piperidine rings is 1. The van der Waals surface area contributed by atoms with E-state index in [0.717, 1.165) is 54.7 Å². The van der Waals surface area contributed by atoms with Crippen molar-refractivity contribution in [1.29, 1.82) is 0 Å². The third-order valence-corrected chi connectivity index (χ3v) is 6.79. The minimum absolute atomic E-state index is 0.120. The largest absolute Gasteiger partial charge is 0.496 e. The molecule has 1 aliphatic rings. The van der Waals surface area contributed by atoms with Crippen LogP contribution in [0.25, 0.3) is 0 Å². The maximum absolute atomic E-state index is 12.5. The second-order valence-corrected chi connectivity index (χ2v) is 9.84. The van der Waals surface area contributed by atoms with Crippen LogP contribution in [0, 0.1) is 12.8 Å². The van der Waals surface area contributed by atoms with Gasteiger partial charge in [-0.15, -0.1) is 0 Å². The average molecular weight is 500 g/mol. The summed E-state index contributed by atoms with van der Waals surface area (Å²) in [6.45, 7) is 6.71. The van der Waals surface area contributed by atoms with E-state index in [1.165, 1.54) is 0 Å². The lowest BCUT2D eigenvalue weighted by atomic mass is 9.98. The number of hydrogen-bond donors (Lipinski definition) is 3. The fourth-order valence-electron chi connectivity index (χ4n) is 4.54.